The van der Waals surface area contributed by atoms with Crippen molar-refractivity contribution in [1.29, 1.82) is 0 Å². The third-order valence-corrected chi connectivity index (χ3v) is 2.45. The Bertz CT molecular complexity index is 256. The Morgan fingerprint density at radius 3 is 2.80 bits per heavy atom. The van der Waals surface area contributed by atoms with Crippen molar-refractivity contribution in [3.63, 3.8) is 0 Å². The number of carbonyl (C=O) groups is 1. The highest BCUT2D eigenvalue weighted by Gasteiger charge is 2.12. The molecule has 0 unspecified atom stereocenters. The number of aliphatic hydroxyl groups excluding tert-OH is 1. The molecule has 0 aliphatic heterocycles. The molecule has 1 aliphatic carbocycles. The van der Waals surface area contributed by atoms with Gasteiger partial charge in [-0.05, 0) is 32.6 Å². The molecule has 15 heavy (non-hydrogen) atoms. The molecule has 0 bridgehead atoms. The Morgan fingerprint density at radius 1 is 1.53 bits per heavy atom. The first-order chi connectivity index (χ1) is 7.22. The third kappa shape index (κ3) is 4.79. The van der Waals surface area contributed by atoms with E-state index in [2.05, 4.69) is 0 Å². The Morgan fingerprint density at radius 2 is 2.20 bits per heavy atom. The zero-order valence-corrected chi connectivity index (χ0v) is 9.11. The van der Waals surface area contributed by atoms with Crippen LogP contribution in [0.15, 0.2) is 23.8 Å². The number of esters is 1. The monoisotopic (exact) mass is 210 g/mol. The quantitative estimate of drug-likeness (QED) is 0.572. The van der Waals surface area contributed by atoms with Gasteiger partial charge >= 0.3 is 5.97 Å². The maximum atomic E-state index is 11.0. The summed E-state index contributed by atoms with van der Waals surface area (Å²) in [7, 11) is 0. The van der Waals surface area contributed by atoms with Gasteiger partial charge in [0.2, 0.25) is 0 Å². The summed E-state index contributed by atoms with van der Waals surface area (Å²) >= 11 is 0. The number of carbonyl (C=O) groups excluding carboxylic acids is 1. The fourth-order valence-corrected chi connectivity index (χ4v) is 1.59. The summed E-state index contributed by atoms with van der Waals surface area (Å²) < 4.78 is 4.75. The van der Waals surface area contributed by atoms with Gasteiger partial charge in [-0.25, -0.2) is 4.79 Å². The van der Waals surface area contributed by atoms with Gasteiger partial charge in [-0.15, -0.1) is 0 Å². The molecule has 1 rings (SSSR count). The zero-order chi connectivity index (χ0) is 11.1. The lowest BCUT2D eigenvalue weighted by molar-refractivity contribution is -0.137. The summed E-state index contributed by atoms with van der Waals surface area (Å²) in [6.07, 6.45) is 8.48. The molecule has 0 aromatic carbocycles. The van der Waals surface area contributed by atoms with Crippen LogP contribution in [-0.2, 0) is 9.53 Å². The van der Waals surface area contributed by atoms with E-state index < -0.39 is 0 Å². The van der Waals surface area contributed by atoms with Crippen molar-refractivity contribution >= 4 is 5.97 Å². The predicted octanol–water partition coefficient (Wildman–Crippen LogP) is 1.97. The van der Waals surface area contributed by atoms with Gasteiger partial charge in [-0.1, -0.05) is 17.7 Å². The van der Waals surface area contributed by atoms with E-state index in [1.807, 2.05) is 6.08 Å². The molecule has 0 atom stereocenters. The van der Waals surface area contributed by atoms with Gasteiger partial charge in [0.25, 0.3) is 0 Å². The maximum absolute atomic E-state index is 11.0. The lowest BCUT2D eigenvalue weighted by Gasteiger charge is -2.18. The molecule has 1 aliphatic rings. The van der Waals surface area contributed by atoms with Crippen molar-refractivity contribution in [3.05, 3.63) is 23.8 Å². The van der Waals surface area contributed by atoms with Gasteiger partial charge in [0, 0.05) is 6.08 Å². The molecule has 0 radical (unpaired) electrons. The topological polar surface area (TPSA) is 46.5 Å². The molecule has 1 saturated carbocycles. The number of hydrogen-bond donors (Lipinski definition) is 1. The molecule has 0 aromatic heterocycles. The van der Waals surface area contributed by atoms with E-state index in [0.717, 1.165) is 25.7 Å². The number of aliphatic hydroxyl groups is 1. The molecule has 1 fully saturated rings. The normalized spacial score (nSPS) is 21.7. The van der Waals surface area contributed by atoms with Crippen LogP contribution in [0.2, 0.25) is 0 Å². The first kappa shape index (κ1) is 12.0. The number of allylic oxidation sites excluding steroid dienone is 3. The highest BCUT2D eigenvalue weighted by molar-refractivity contribution is 5.82. The Balaban J connectivity index is 2.34. The van der Waals surface area contributed by atoms with Crippen LogP contribution in [0.5, 0.6) is 0 Å². The number of hydrogen-bond acceptors (Lipinski definition) is 3. The third-order valence-electron chi connectivity index (χ3n) is 2.45. The second-order valence-electron chi connectivity index (χ2n) is 3.67. The minimum atomic E-state index is -0.301. The van der Waals surface area contributed by atoms with E-state index in [1.54, 1.807) is 13.0 Å². The maximum Gasteiger partial charge on any atom is 0.330 e. The van der Waals surface area contributed by atoms with Crippen molar-refractivity contribution in [2.75, 3.05) is 6.61 Å². The Labute approximate surface area is 90.4 Å². The summed E-state index contributed by atoms with van der Waals surface area (Å²) in [4.78, 5) is 11.0. The largest absolute Gasteiger partial charge is 0.463 e. The number of rotatable bonds is 3. The van der Waals surface area contributed by atoms with Crippen LogP contribution in [-0.4, -0.2) is 23.8 Å². The fraction of sp³-hybridized carbons (Fsp3) is 0.583. The van der Waals surface area contributed by atoms with Crippen molar-refractivity contribution in [1.82, 2.24) is 0 Å². The smallest absolute Gasteiger partial charge is 0.330 e. The summed E-state index contributed by atoms with van der Waals surface area (Å²) in [5.74, 6) is -0.301. The van der Waals surface area contributed by atoms with Crippen LogP contribution in [0.25, 0.3) is 0 Å². The van der Waals surface area contributed by atoms with Crippen molar-refractivity contribution in [3.8, 4) is 0 Å². The summed E-state index contributed by atoms with van der Waals surface area (Å²) in [5.41, 5.74) is 1.29. The van der Waals surface area contributed by atoms with E-state index in [1.165, 1.54) is 11.6 Å². The molecule has 0 saturated heterocycles. The van der Waals surface area contributed by atoms with E-state index in [-0.39, 0.29) is 12.1 Å². The first-order valence-corrected chi connectivity index (χ1v) is 5.43. The van der Waals surface area contributed by atoms with Crippen LogP contribution < -0.4 is 0 Å². The molecule has 0 spiro atoms. The van der Waals surface area contributed by atoms with E-state index in [4.69, 9.17) is 4.74 Å². The van der Waals surface area contributed by atoms with Gasteiger partial charge < -0.3 is 9.84 Å². The number of ether oxygens (including phenoxy) is 1. The van der Waals surface area contributed by atoms with Crippen LogP contribution in [0.1, 0.15) is 32.6 Å². The minimum absolute atomic E-state index is 0.142. The van der Waals surface area contributed by atoms with E-state index in [9.17, 15) is 9.90 Å². The predicted molar refractivity (Wildman–Crippen MR) is 58.3 cm³/mol. The fourth-order valence-electron chi connectivity index (χ4n) is 1.59. The lowest BCUT2D eigenvalue weighted by Crippen LogP contribution is -2.12. The van der Waals surface area contributed by atoms with Crippen LogP contribution >= 0.6 is 0 Å². The molecule has 1 N–H and O–H groups in total. The Hall–Kier alpha value is -1.09. The zero-order valence-electron chi connectivity index (χ0n) is 9.11. The van der Waals surface area contributed by atoms with E-state index >= 15 is 0 Å². The molecular formula is C12H18O3. The van der Waals surface area contributed by atoms with Crippen LogP contribution in [0.4, 0.5) is 0 Å². The minimum Gasteiger partial charge on any atom is -0.463 e. The second kappa shape index (κ2) is 6.40. The second-order valence-corrected chi connectivity index (χ2v) is 3.67. The highest BCUT2D eigenvalue weighted by Crippen LogP contribution is 2.23. The van der Waals surface area contributed by atoms with Gasteiger partial charge in [0.15, 0.2) is 0 Å². The van der Waals surface area contributed by atoms with Gasteiger partial charge in [0.05, 0.1) is 12.7 Å². The highest BCUT2D eigenvalue weighted by atomic mass is 16.5. The molecule has 0 heterocycles. The SMILES string of the molecule is CCOC(=O)/C=C/C=C1CCC(O)CC1. The first-order valence-electron chi connectivity index (χ1n) is 5.43. The lowest BCUT2D eigenvalue weighted by atomic mass is 9.92. The molecule has 3 nitrogen and oxygen atoms in total. The van der Waals surface area contributed by atoms with Gasteiger partial charge in [-0.3, -0.25) is 0 Å². The molecule has 3 heteroatoms. The van der Waals surface area contributed by atoms with Crippen molar-refractivity contribution in [2.24, 2.45) is 0 Å². The van der Waals surface area contributed by atoms with Crippen LogP contribution in [0.3, 0.4) is 0 Å². The van der Waals surface area contributed by atoms with Crippen molar-refractivity contribution < 1.29 is 14.6 Å². The molecule has 0 amide bonds. The average molecular weight is 210 g/mol. The summed E-state index contributed by atoms with van der Waals surface area (Å²) in [6.45, 7) is 2.19. The van der Waals surface area contributed by atoms with Gasteiger partial charge in [-0.2, -0.15) is 0 Å². The molecule has 84 valence electrons. The van der Waals surface area contributed by atoms with Crippen molar-refractivity contribution in [2.45, 2.75) is 38.7 Å². The van der Waals surface area contributed by atoms with Crippen LogP contribution in [0, 0.1) is 0 Å². The molecule has 0 aromatic rings. The molecular weight excluding hydrogens is 192 g/mol. The average Bonchev–Trinajstić information content (AvgIpc) is 2.21. The Kier molecular flexibility index (Phi) is 5.12. The summed E-state index contributed by atoms with van der Waals surface area (Å²) in [6, 6.07) is 0. The van der Waals surface area contributed by atoms with Gasteiger partial charge in [0.1, 0.15) is 0 Å². The summed E-state index contributed by atoms with van der Waals surface area (Å²) in [5, 5.41) is 9.29. The van der Waals surface area contributed by atoms with E-state index in [0.29, 0.717) is 6.61 Å². The standard InChI is InChI=1S/C12H18O3/c1-2-15-12(14)5-3-4-10-6-8-11(13)9-7-10/h3-5,11,13H,2,6-9H2,1H3/b5-3+,10-4?.